The third-order valence-corrected chi connectivity index (χ3v) is 6.10. The van der Waals surface area contributed by atoms with E-state index in [1.165, 1.54) is 0 Å². The molecule has 4 rings (SSSR count). The number of rotatable bonds is 0. The maximum absolute atomic E-state index is 11.7. The van der Waals surface area contributed by atoms with E-state index in [1.807, 2.05) is 6.92 Å². The van der Waals surface area contributed by atoms with E-state index in [1.54, 1.807) is 0 Å². The standard InChI is InChI=1S/C15H20O5/c1-5-4-7-8(6(2)14(18)19-7)12(16)15(3)9(5)10-11(20-10)13(15)17/h5,7-13,16-17H,2,4H2,1,3H3/t5-,7+,8-,9-,10+,11-,12-,13-,15-/m0/s1. The summed E-state index contributed by atoms with van der Waals surface area (Å²) in [6.45, 7) is 7.79. The molecule has 0 amide bonds. The highest BCUT2D eigenvalue weighted by Crippen LogP contribution is 2.62. The average molecular weight is 280 g/mol. The van der Waals surface area contributed by atoms with Gasteiger partial charge in [0.15, 0.2) is 0 Å². The number of esters is 1. The van der Waals surface area contributed by atoms with E-state index in [-0.39, 0.29) is 30.1 Å². The summed E-state index contributed by atoms with van der Waals surface area (Å²) < 4.78 is 10.9. The van der Waals surface area contributed by atoms with E-state index in [0.717, 1.165) is 0 Å². The van der Waals surface area contributed by atoms with Gasteiger partial charge in [0.2, 0.25) is 0 Å². The maximum Gasteiger partial charge on any atom is 0.334 e. The van der Waals surface area contributed by atoms with Crippen LogP contribution >= 0.6 is 0 Å². The summed E-state index contributed by atoms with van der Waals surface area (Å²) in [4.78, 5) is 11.7. The van der Waals surface area contributed by atoms with Crippen molar-refractivity contribution in [1.82, 2.24) is 0 Å². The second-order valence-corrected chi connectivity index (χ2v) is 7.05. The number of carbonyl (C=O) groups excluding carboxylic acids is 1. The number of carbonyl (C=O) groups is 1. The van der Waals surface area contributed by atoms with Crippen LogP contribution in [0.4, 0.5) is 0 Å². The molecule has 9 atom stereocenters. The van der Waals surface area contributed by atoms with Gasteiger partial charge in [-0.2, -0.15) is 0 Å². The topological polar surface area (TPSA) is 79.3 Å². The van der Waals surface area contributed by atoms with Crippen LogP contribution in [0.3, 0.4) is 0 Å². The Morgan fingerprint density at radius 3 is 2.70 bits per heavy atom. The highest BCUT2D eigenvalue weighted by molar-refractivity contribution is 5.91. The number of epoxide rings is 1. The van der Waals surface area contributed by atoms with Crippen LogP contribution in [0.15, 0.2) is 12.2 Å². The molecule has 4 aliphatic rings. The number of ether oxygens (including phenoxy) is 2. The van der Waals surface area contributed by atoms with Crippen LogP contribution < -0.4 is 0 Å². The molecule has 4 fully saturated rings. The van der Waals surface area contributed by atoms with Gasteiger partial charge in [-0.1, -0.05) is 20.4 Å². The van der Waals surface area contributed by atoms with E-state index in [2.05, 4.69) is 13.5 Å². The highest BCUT2D eigenvalue weighted by atomic mass is 16.6. The Hall–Kier alpha value is -0.910. The second kappa shape index (κ2) is 3.64. The van der Waals surface area contributed by atoms with Gasteiger partial charge >= 0.3 is 5.97 Å². The lowest BCUT2D eigenvalue weighted by molar-refractivity contribution is -0.140. The fraction of sp³-hybridized carbons (Fsp3) is 0.800. The Kier molecular flexibility index (Phi) is 2.33. The lowest BCUT2D eigenvalue weighted by Crippen LogP contribution is -2.51. The summed E-state index contributed by atoms with van der Waals surface area (Å²) in [5, 5.41) is 21.4. The van der Waals surface area contributed by atoms with Crippen molar-refractivity contribution in [2.24, 2.45) is 23.2 Å². The summed E-state index contributed by atoms with van der Waals surface area (Å²) in [7, 11) is 0. The zero-order valence-electron chi connectivity index (χ0n) is 11.7. The molecule has 5 heteroatoms. The van der Waals surface area contributed by atoms with E-state index in [9.17, 15) is 15.0 Å². The molecule has 5 nitrogen and oxygen atoms in total. The predicted molar refractivity (Wildman–Crippen MR) is 68.6 cm³/mol. The van der Waals surface area contributed by atoms with Crippen LogP contribution in [-0.2, 0) is 14.3 Å². The van der Waals surface area contributed by atoms with Gasteiger partial charge < -0.3 is 19.7 Å². The maximum atomic E-state index is 11.7. The SMILES string of the molecule is C=C1C(=O)O[C@@H]2C[C@H](C)[C@H]3[C@H]4O[C@@H]4[C@H](O)[C@]3(C)[C@@H](O)[C@@H]12. The Morgan fingerprint density at radius 1 is 1.30 bits per heavy atom. The normalized spacial score (nSPS) is 60.4. The van der Waals surface area contributed by atoms with Crippen molar-refractivity contribution >= 4 is 5.97 Å². The largest absolute Gasteiger partial charge is 0.458 e. The van der Waals surface area contributed by atoms with E-state index in [0.29, 0.717) is 12.0 Å². The van der Waals surface area contributed by atoms with Gasteiger partial charge in [-0.05, 0) is 12.3 Å². The molecular weight excluding hydrogens is 260 g/mol. The molecule has 0 aromatic carbocycles. The second-order valence-electron chi connectivity index (χ2n) is 7.05. The molecule has 0 bridgehead atoms. The minimum absolute atomic E-state index is 0.0300. The molecule has 0 unspecified atom stereocenters. The number of hydrogen-bond donors (Lipinski definition) is 2. The Bertz CT molecular complexity index is 502. The summed E-state index contributed by atoms with van der Waals surface area (Å²) in [6.07, 6.45) is -1.30. The lowest BCUT2D eigenvalue weighted by atomic mass is 9.66. The molecule has 110 valence electrons. The van der Waals surface area contributed by atoms with Crippen molar-refractivity contribution in [3.05, 3.63) is 12.2 Å². The van der Waals surface area contributed by atoms with Crippen LogP contribution in [0.1, 0.15) is 20.3 Å². The van der Waals surface area contributed by atoms with Gasteiger partial charge in [0.1, 0.15) is 12.2 Å². The van der Waals surface area contributed by atoms with Crippen LogP contribution in [0.2, 0.25) is 0 Å². The number of hydrogen-bond acceptors (Lipinski definition) is 5. The highest BCUT2D eigenvalue weighted by Gasteiger charge is 2.73. The molecule has 20 heavy (non-hydrogen) atoms. The van der Waals surface area contributed by atoms with Gasteiger partial charge in [-0.15, -0.1) is 0 Å². The predicted octanol–water partition coefficient (Wildman–Crippen LogP) is 0.249. The minimum Gasteiger partial charge on any atom is -0.458 e. The molecule has 0 aromatic rings. The summed E-state index contributed by atoms with van der Waals surface area (Å²) in [5.74, 6) is -0.514. The van der Waals surface area contributed by atoms with Gasteiger partial charge in [-0.25, -0.2) is 4.79 Å². The fourth-order valence-corrected chi connectivity index (χ4v) is 5.03. The Labute approximate surface area is 117 Å². The molecule has 2 aliphatic heterocycles. The van der Waals surface area contributed by atoms with Gasteiger partial charge in [0.05, 0.1) is 24.2 Å². The number of fused-ring (bicyclic) bond motifs is 4. The van der Waals surface area contributed by atoms with Crippen molar-refractivity contribution < 1.29 is 24.5 Å². The molecule has 0 spiro atoms. The number of aliphatic hydroxyl groups excluding tert-OH is 2. The molecule has 2 saturated carbocycles. The first-order valence-corrected chi connectivity index (χ1v) is 7.28. The van der Waals surface area contributed by atoms with Crippen LogP contribution in [0.5, 0.6) is 0 Å². The summed E-state index contributed by atoms with van der Waals surface area (Å²) >= 11 is 0. The molecule has 2 heterocycles. The quantitative estimate of drug-likeness (QED) is 0.378. The molecule has 2 aliphatic carbocycles. The molecular formula is C15H20O5. The first-order valence-electron chi connectivity index (χ1n) is 7.28. The fourth-order valence-electron chi connectivity index (χ4n) is 5.03. The van der Waals surface area contributed by atoms with Crippen molar-refractivity contribution in [1.29, 1.82) is 0 Å². The van der Waals surface area contributed by atoms with Crippen molar-refractivity contribution in [3.63, 3.8) is 0 Å². The zero-order chi connectivity index (χ0) is 14.4. The van der Waals surface area contributed by atoms with Crippen LogP contribution in [0.25, 0.3) is 0 Å². The van der Waals surface area contributed by atoms with Crippen LogP contribution in [-0.4, -0.2) is 46.7 Å². The summed E-state index contributed by atoms with van der Waals surface area (Å²) in [5.41, 5.74) is -0.325. The Morgan fingerprint density at radius 2 is 2.00 bits per heavy atom. The molecule has 0 radical (unpaired) electrons. The van der Waals surface area contributed by atoms with Crippen molar-refractivity contribution in [2.45, 2.75) is 50.8 Å². The van der Waals surface area contributed by atoms with Gasteiger partial charge in [0, 0.05) is 16.9 Å². The minimum atomic E-state index is -0.826. The first kappa shape index (κ1) is 12.8. The van der Waals surface area contributed by atoms with Crippen molar-refractivity contribution in [3.8, 4) is 0 Å². The van der Waals surface area contributed by atoms with E-state index in [4.69, 9.17) is 9.47 Å². The van der Waals surface area contributed by atoms with Gasteiger partial charge in [0.25, 0.3) is 0 Å². The smallest absolute Gasteiger partial charge is 0.334 e. The molecule has 0 aromatic heterocycles. The Balaban J connectivity index is 1.79. The van der Waals surface area contributed by atoms with E-state index < -0.39 is 29.5 Å². The average Bonchev–Trinajstić information content (AvgIpc) is 3.06. The van der Waals surface area contributed by atoms with Gasteiger partial charge in [-0.3, -0.25) is 0 Å². The lowest BCUT2D eigenvalue weighted by Gasteiger charge is -2.42. The molecule has 2 saturated heterocycles. The zero-order valence-corrected chi connectivity index (χ0v) is 11.7. The molecule has 2 N–H and O–H groups in total. The monoisotopic (exact) mass is 280 g/mol. The third kappa shape index (κ3) is 1.27. The first-order chi connectivity index (χ1) is 9.37. The van der Waals surface area contributed by atoms with Crippen molar-refractivity contribution in [2.75, 3.05) is 0 Å². The van der Waals surface area contributed by atoms with Crippen LogP contribution in [0, 0.1) is 23.2 Å². The third-order valence-electron chi connectivity index (χ3n) is 6.10. The van der Waals surface area contributed by atoms with E-state index >= 15 is 0 Å². The summed E-state index contributed by atoms with van der Waals surface area (Å²) in [6, 6.07) is 0. The number of aliphatic hydroxyl groups is 2.